The van der Waals surface area contributed by atoms with Gasteiger partial charge in [-0.3, -0.25) is 9.69 Å². The first-order valence-corrected chi connectivity index (χ1v) is 17.0. The Bertz CT molecular complexity index is 1580. The molecular weight excluding hydrogens is 617 g/mol. The number of rotatable bonds is 11. The van der Waals surface area contributed by atoms with Crippen molar-refractivity contribution in [3.8, 4) is 17.2 Å². The van der Waals surface area contributed by atoms with Crippen LogP contribution in [0.5, 0.6) is 17.2 Å². The Morgan fingerprint density at radius 1 is 0.913 bits per heavy atom. The summed E-state index contributed by atoms with van der Waals surface area (Å²) in [6, 6.07) is 15.6. The summed E-state index contributed by atoms with van der Waals surface area (Å²) in [6.07, 6.45) is 2.24. The average Bonchev–Trinajstić information content (AvgIpc) is 3.09. The van der Waals surface area contributed by atoms with Crippen molar-refractivity contribution < 1.29 is 41.4 Å². The number of fused-ring (bicyclic) bond motifs is 1. The zero-order valence-electron chi connectivity index (χ0n) is 25.4. The Morgan fingerprint density at radius 3 is 2.35 bits per heavy atom. The van der Waals surface area contributed by atoms with E-state index in [2.05, 4.69) is 10.4 Å². The minimum atomic E-state index is -4.14. The van der Waals surface area contributed by atoms with Gasteiger partial charge in [0.05, 0.1) is 18.1 Å². The highest BCUT2D eigenvalue weighted by molar-refractivity contribution is 7.89. The molecule has 2 saturated heterocycles. The standard InChI is InChI=1S/C33H38FN3O8S/c34-25-4-6-26(7-5-25)44-27-8-11-29(12-9-27)46(39,40)37-15-14-24-23-28(42-22-18-36-16-20-41-21-17-36)10-13-30(24)32(37)33(38)35-45-31-3-1-2-19-43-31/h4-13,23,31-32H,1-3,14-22H2,(H,35,38). The van der Waals surface area contributed by atoms with Crippen molar-refractivity contribution in [3.63, 3.8) is 0 Å². The largest absolute Gasteiger partial charge is 0.492 e. The fourth-order valence-corrected chi connectivity index (χ4v) is 7.33. The molecule has 0 radical (unpaired) electrons. The zero-order chi connectivity index (χ0) is 31.9. The van der Waals surface area contributed by atoms with Crippen LogP contribution in [0.4, 0.5) is 4.39 Å². The predicted octanol–water partition coefficient (Wildman–Crippen LogP) is 4.19. The van der Waals surface area contributed by atoms with Gasteiger partial charge in [0.2, 0.25) is 10.0 Å². The second kappa shape index (κ2) is 14.9. The van der Waals surface area contributed by atoms with E-state index in [9.17, 15) is 17.6 Å². The molecule has 3 aliphatic heterocycles. The van der Waals surface area contributed by atoms with Crippen LogP contribution >= 0.6 is 0 Å². The molecule has 246 valence electrons. The Balaban J connectivity index is 1.20. The van der Waals surface area contributed by atoms with E-state index < -0.39 is 28.3 Å². The van der Waals surface area contributed by atoms with Gasteiger partial charge in [0.1, 0.15) is 35.7 Å². The van der Waals surface area contributed by atoms with Crippen LogP contribution in [-0.4, -0.2) is 82.4 Å². The smallest absolute Gasteiger partial charge is 0.266 e. The fraction of sp³-hybridized carbons (Fsp3) is 0.424. The molecule has 0 aromatic heterocycles. The number of amides is 1. The van der Waals surface area contributed by atoms with Gasteiger partial charge in [-0.2, -0.15) is 4.31 Å². The van der Waals surface area contributed by atoms with Crippen LogP contribution < -0.4 is 15.0 Å². The van der Waals surface area contributed by atoms with E-state index in [0.717, 1.165) is 38.0 Å². The SMILES string of the molecule is O=C(NOC1CCCCO1)C1c2ccc(OCCN3CCOCC3)cc2CCN1S(=O)(=O)c1ccc(Oc2ccc(F)cc2)cc1. The monoisotopic (exact) mass is 655 g/mol. The van der Waals surface area contributed by atoms with Crippen LogP contribution in [0.2, 0.25) is 0 Å². The van der Waals surface area contributed by atoms with Crippen molar-refractivity contribution in [2.24, 2.45) is 0 Å². The summed E-state index contributed by atoms with van der Waals surface area (Å²) < 4.78 is 65.3. The van der Waals surface area contributed by atoms with E-state index in [1.54, 1.807) is 12.1 Å². The van der Waals surface area contributed by atoms with E-state index in [0.29, 0.717) is 62.1 Å². The van der Waals surface area contributed by atoms with Crippen LogP contribution in [-0.2, 0) is 35.5 Å². The Labute approximate surface area is 268 Å². The highest BCUT2D eigenvalue weighted by Crippen LogP contribution is 2.37. The Hall–Kier alpha value is -3.59. The van der Waals surface area contributed by atoms with Gasteiger partial charge in [0.25, 0.3) is 5.91 Å². The third kappa shape index (κ3) is 7.85. The molecule has 3 aliphatic rings. The van der Waals surface area contributed by atoms with Crippen molar-refractivity contribution in [2.45, 2.75) is 42.9 Å². The highest BCUT2D eigenvalue weighted by Gasteiger charge is 2.41. The number of hydrogen-bond acceptors (Lipinski definition) is 9. The van der Waals surface area contributed by atoms with Gasteiger partial charge in [-0.15, -0.1) is 0 Å². The molecule has 0 bridgehead atoms. The van der Waals surface area contributed by atoms with Gasteiger partial charge >= 0.3 is 0 Å². The molecule has 0 spiro atoms. The molecule has 2 fully saturated rings. The van der Waals surface area contributed by atoms with Crippen molar-refractivity contribution in [2.75, 3.05) is 52.6 Å². The van der Waals surface area contributed by atoms with Gasteiger partial charge in [0.15, 0.2) is 6.29 Å². The summed E-state index contributed by atoms with van der Waals surface area (Å²) in [4.78, 5) is 21.6. The fourth-order valence-electron chi connectivity index (χ4n) is 5.76. The van der Waals surface area contributed by atoms with Crippen LogP contribution in [0.15, 0.2) is 71.6 Å². The number of carbonyl (C=O) groups excluding carboxylic acids is 1. The van der Waals surface area contributed by atoms with E-state index in [1.807, 2.05) is 6.07 Å². The number of ether oxygens (including phenoxy) is 4. The second-order valence-electron chi connectivity index (χ2n) is 11.3. The maximum atomic E-state index is 14.0. The molecule has 13 heteroatoms. The summed E-state index contributed by atoms with van der Waals surface area (Å²) >= 11 is 0. The molecular formula is C33H38FN3O8S. The molecule has 11 nitrogen and oxygen atoms in total. The van der Waals surface area contributed by atoms with Crippen LogP contribution in [0.25, 0.3) is 0 Å². The quantitative estimate of drug-likeness (QED) is 0.304. The molecule has 3 aromatic rings. The third-order valence-electron chi connectivity index (χ3n) is 8.24. The Morgan fingerprint density at radius 2 is 1.63 bits per heavy atom. The molecule has 2 unspecified atom stereocenters. The number of benzene rings is 3. The number of sulfonamides is 1. The Kier molecular flexibility index (Phi) is 10.5. The van der Waals surface area contributed by atoms with Crippen molar-refractivity contribution >= 4 is 15.9 Å². The summed E-state index contributed by atoms with van der Waals surface area (Å²) in [5, 5.41) is 0. The minimum absolute atomic E-state index is 0.000181. The first-order chi connectivity index (χ1) is 22.4. The molecule has 3 heterocycles. The van der Waals surface area contributed by atoms with Gasteiger partial charge in [-0.25, -0.2) is 23.1 Å². The van der Waals surface area contributed by atoms with Crippen LogP contribution in [0.1, 0.15) is 36.4 Å². The topological polar surface area (TPSA) is 116 Å². The lowest BCUT2D eigenvalue weighted by atomic mass is 9.93. The van der Waals surface area contributed by atoms with Crippen molar-refractivity contribution in [3.05, 3.63) is 83.7 Å². The normalized spacial score (nSPS) is 20.9. The minimum Gasteiger partial charge on any atom is -0.492 e. The number of hydroxylamine groups is 1. The number of nitrogens with zero attached hydrogens (tertiary/aromatic N) is 2. The lowest BCUT2D eigenvalue weighted by molar-refractivity contribution is -0.202. The zero-order valence-corrected chi connectivity index (χ0v) is 26.3. The van der Waals surface area contributed by atoms with E-state index in [-0.39, 0.29) is 17.3 Å². The second-order valence-corrected chi connectivity index (χ2v) is 13.2. The molecule has 1 N–H and O–H groups in total. The maximum Gasteiger partial charge on any atom is 0.266 e. The number of morpholine rings is 1. The lowest BCUT2D eigenvalue weighted by Gasteiger charge is -2.35. The number of halogens is 1. The summed E-state index contributed by atoms with van der Waals surface area (Å²) in [5.41, 5.74) is 3.86. The first-order valence-electron chi connectivity index (χ1n) is 15.5. The predicted molar refractivity (Wildman–Crippen MR) is 165 cm³/mol. The molecule has 46 heavy (non-hydrogen) atoms. The summed E-state index contributed by atoms with van der Waals surface area (Å²) in [7, 11) is -4.14. The van der Waals surface area contributed by atoms with Crippen LogP contribution in [0.3, 0.4) is 0 Å². The average molecular weight is 656 g/mol. The molecule has 0 saturated carbocycles. The molecule has 2 atom stereocenters. The van der Waals surface area contributed by atoms with E-state index in [4.69, 9.17) is 23.8 Å². The molecule has 3 aromatic carbocycles. The lowest BCUT2D eigenvalue weighted by Crippen LogP contribution is -2.48. The number of hydrogen-bond donors (Lipinski definition) is 1. The number of nitrogens with one attached hydrogen (secondary N) is 1. The third-order valence-corrected chi connectivity index (χ3v) is 10.1. The first kappa shape index (κ1) is 32.4. The summed E-state index contributed by atoms with van der Waals surface area (Å²) in [5.74, 6) is 0.445. The number of carbonyl (C=O) groups is 1. The highest BCUT2D eigenvalue weighted by atomic mass is 32.2. The molecule has 1 amide bonds. The van der Waals surface area contributed by atoms with E-state index in [1.165, 1.54) is 52.8 Å². The van der Waals surface area contributed by atoms with Crippen molar-refractivity contribution in [1.29, 1.82) is 0 Å². The van der Waals surface area contributed by atoms with E-state index >= 15 is 0 Å². The molecule has 0 aliphatic carbocycles. The van der Waals surface area contributed by atoms with Gasteiger partial charge in [-0.05, 0) is 91.1 Å². The maximum absolute atomic E-state index is 14.0. The van der Waals surface area contributed by atoms with Gasteiger partial charge in [0, 0.05) is 39.2 Å². The summed E-state index contributed by atoms with van der Waals surface area (Å²) in [6.45, 7) is 5.03. The van der Waals surface area contributed by atoms with Gasteiger partial charge < -0.3 is 18.9 Å². The van der Waals surface area contributed by atoms with Crippen molar-refractivity contribution in [1.82, 2.24) is 14.7 Å². The molecule has 6 rings (SSSR count). The van der Waals surface area contributed by atoms with Gasteiger partial charge in [-0.1, -0.05) is 6.07 Å². The van der Waals surface area contributed by atoms with Crippen LogP contribution in [0, 0.1) is 5.82 Å².